The van der Waals surface area contributed by atoms with Crippen molar-refractivity contribution in [1.29, 1.82) is 0 Å². The van der Waals surface area contributed by atoms with E-state index in [9.17, 15) is 22.0 Å². The maximum absolute atomic E-state index is 13.5. The number of ether oxygens (including phenoxy) is 1. The Balaban J connectivity index is 1.71. The number of carbonyl (C=O) groups is 1. The van der Waals surface area contributed by atoms with Gasteiger partial charge in [0.15, 0.2) is 0 Å². The Labute approximate surface area is 206 Å². The molecule has 1 amide bonds. The molecule has 1 aromatic heterocycles. The van der Waals surface area contributed by atoms with Gasteiger partial charge in [-0.2, -0.15) is 8.78 Å². The fourth-order valence-electron chi connectivity index (χ4n) is 3.97. The zero-order valence-electron chi connectivity index (χ0n) is 18.6. The molecule has 0 bridgehead atoms. The van der Waals surface area contributed by atoms with Crippen LogP contribution < -0.4 is 9.46 Å². The van der Waals surface area contributed by atoms with Crippen LogP contribution >= 0.6 is 11.6 Å². The fraction of sp³-hybridized carbons (Fsp3) is 0.167. The van der Waals surface area contributed by atoms with Crippen molar-refractivity contribution in [2.75, 3.05) is 4.72 Å². The van der Waals surface area contributed by atoms with Gasteiger partial charge >= 0.3 is 6.61 Å². The third-order valence-electron chi connectivity index (χ3n) is 5.66. The Morgan fingerprint density at radius 3 is 2.40 bits per heavy atom. The van der Waals surface area contributed by atoms with Gasteiger partial charge in [-0.3, -0.25) is 19.4 Å². The molecule has 0 aliphatic carbocycles. The van der Waals surface area contributed by atoms with Crippen LogP contribution in [0.2, 0.25) is 5.02 Å². The van der Waals surface area contributed by atoms with E-state index in [2.05, 4.69) is 21.0 Å². The van der Waals surface area contributed by atoms with Gasteiger partial charge in [-0.05, 0) is 61.9 Å². The number of anilines is 1. The van der Waals surface area contributed by atoms with Crippen molar-refractivity contribution in [3.8, 4) is 5.75 Å². The normalized spacial score (nSPS) is 13.8. The zero-order valence-corrected chi connectivity index (χ0v) is 20.2. The lowest BCUT2D eigenvalue weighted by atomic mass is 9.93. The molecule has 1 aliphatic rings. The summed E-state index contributed by atoms with van der Waals surface area (Å²) in [4.78, 5) is 18.9. The molecule has 0 saturated carbocycles. The van der Waals surface area contributed by atoms with Crippen LogP contribution in [0, 0.1) is 0 Å². The number of aromatic nitrogens is 1. The summed E-state index contributed by atoms with van der Waals surface area (Å²) in [6.45, 7) is 4.67. The number of amides is 1. The average Bonchev–Trinajstić information content (AvgIpc) is 3.08. The second kappa shape index (κ2) is 8.94. The van der Waals surface area contributed by atoms with E-state index in [1.165, 1.54) is 17.0 Å². The molecule has 2 heterocycles. The predicted octanol–water partition coefficient (Wildman–Crippen LogP) is 5.50. The molecule has 4 rings (SSSR count). The lowest BCUT2D eigenvalue weighted by Gasteiger charge is -2.36. The van der Waals surface area contributed by atoms with Crippen LogP contribution in [-0.2, 0) is 15.6 Å². The van der Waals surface area contributed by atoms with Gasteiger partial charge in [0.25, 0.3) is 15.9 Å². The summed E-state index contributed by atoms with van der Waals surface area (Å²) in [5, 5.41) is 0.145. The molecule has 11 heteroatoms. The Kier molecular flexibility index (Phi) is 6.29. The number of carbonyl (C=O) groups excluding carboxylic acids is 1. The number of sulfonamides is 1. The summed E-state index contributed by atoms with van der Waals surface area (Å²) < 4.78 is 57.6. The molecule has 0 saturated heterocycles. The molecule has 0 fully saturated rings. The maximum atomic E-state index is 13.5. The van der Waals surface area contributed by atoms with Crippen molar-refractivity contribution < 1.29 is 26.7 Å². The van der Waals surface area contributed by atoms with Crippen LogP contribution in [0.1, 0.15) is 35.3 Å². The quantitative estimate of drug-likeness (QED) is 0.445. The van der Waals surface area contributed by atoms with Crippen LogP contribution in [0.25, 0.3) is 5.70 Å². The van der Waals surface area contributed by atoms with Crippen molar-refractivity contribution >= 4 is 38.9 Å². The number of halogens is 3. The largest absolute Gasteiger partial charge is 0.435 e. The number of benzene rings is 2. The van der Waals surface area contributed by atoms with Gasteiger partial charge in [0.05, 0.1) is 26.7 Å². The molecule has 1 N–H and O–H groups in total. The van der Waals surface area contributed by atoms with Gasteiger partial charge in [0, 0.05) is 23.7 Å². The molecular formula is C24H20ClF2N3O4S. The number of fused-ring (bicyclic) bond motifs is 1. The first kappa shape index (κ1) is 24.6. The second-order valence-corrected chi connectivity index (χ2v) is 10.3. The van der Waals surface area contributed by atoms with Crippen molar-refractivity contribution in [3.05, 3.63) is 89.2 Å². The third-order valence-corrected chi connectivity index (χ3v) is 7.36. The zero-order chi connectivity index (χ0) is 25.5. The Hall–Kier alpha value is -3.50. The highest BCUT2D eigenvalue weighted by Gasteiger charge is 2.44. The number of hydrogen-bond acceptors (Lipinski definition) is 5. The van der Waals surface area contributed by atoms with Crippen molar-refractivity contribution in [1.82, 2.24) is 9.88 Å². The second-order valence-electron chi connectivity index (χ2n) is 8.19. The molecule has 182 valence electrons. The van der Waals surface area contributed by atoms with E-state index < -0.39 is 28.1 Å². The molecule has 2 aromatic carbocycles. The fourth-order valence-corrected chi connectivity index (χ4v) is 5.28. The first-order valence-corrected chi connectivity index (χ1v) is 12.1. The third kappa shape index (κ3) is 4.46. The van der Waals surface area contributed by atoms with Crippen LogP contribution in [-0.4, -0.2) is 30.8 Å². The highest BCUT2D eigenvalue weighted by molar-refractivity contribution is 7.92. The summed E-state index contributed by atoms with van der Waals surface area (Å²) in [5.74, 6) is -0.614. The molecule has 7 nitrogen and oxygen atoms in total. The molecule has 35 heavy (non-hydrogen) atoms. The summed E-state index contributed by atoms with van der Waals surface area (Å²) in [6.07, 6.45) is 3.25. The van der Waals surface area contributed by atoms with E-state index in [4.69, 9.17) is 11.6 Å². The predicted molar refractivity (Wildman–Crippen MR) is 128 cm³/mol. The summed E-state index contributed by atoms with van der Waals surface area (Å²) in [6, 6.07) is 10.9. The van der Waals surface area contributed by atoms with Gasteiger partial charge in [-0.15, -0.1) is 0 Å². The molecule has 1 aliphatic heterocycles. The number of alkyl halides is 2. The Bertz CT molecular complexity index is 1410. The smallest absolute Gasteiger partial charge is 0.387 e. The Morgan fingerprint density at radius 1 is 1.11 bits per heavy atom. The molecule has 0 unspecified atom stereocenters. The summed E-state index contributed by atoms with van der Waals surface area (Å²) in [7, 11) is -4.16. The van der Waals surface area contributed by atoms with E-state index in [1.807, 2.05) is 19.9 Å². The molecule has 0 spiro atoms. The van der Waals surface area contributed by atoms with Gasteiger partial charge in [0.1, 0.15) is 5.75 Å². The number of pyridine rings is 1. The van der Waals surface area contributed by atoms with Crippen LogP contribution in [0.15, 0.2) is 72.4 Å². The SMILES string of the molecule is C=C1c2c(NS(=O)(=O)c3ccc(OC(F)F)cc3)ccc(Cl)c2C(=O)N1C(C)(C)c1cccnc1. The molecular weight excluding hydrogens is 500 g/mol. The number of nitrogens with one attached hydrogen (secondary N) is 1. The van der Waals surface area contributed by atoms with Crippen molar-refractivity contribution in [2.45, 2.75) is 30.9 Å². The van der Waals surface area contributed by atoms with E-state index in [0.717, 1.165) is 29.8 Å². The van der Waals surface area contributed by atoms with Gasteiger partial charge in [0.2, 0.25) is 0 Å². The van der Waals surface area contributed by atoms with Crippen molar-refractivity contribution in [3.63, 3.8) is 0 Å². The summed E-state index contributed by atoms with van der Waals surface area (Å²) in [5.41, 5.74) is 0.600. The number of nitrogens with zero attached hydrogens (tertiary/aromatic N) is 2. The van der Waals surface area contributed by atoms with Crippen LogP contribution in [0.5, 0.6) is 5.75 Å². The highest BCUT2D eigenvalue weighted by Crippen LogP contribution is 2.46. The van der Waals surface area contributed by atoms with E-state index in [-0.39, 0.29) is 38.2 Å². The number of rotatable bonds is 7. The maximum Gasteiger partial charge on any atom is 0.387 e. The lowest BCUT2D eigenvalue weighted by molar-refractivity contribution is -0.0498. The van der Waals surface area contributed by atoms with E-state index in [0.29, 0.717) is 0 Å². The first-order chi connectivity index (χ1) is 16.4. The first-order valence-electron chi connectivity index (χ1n) is 10.3. The minimum absolute atomic E-state index is 0.0974. The Morgan fingerprint density at radius 2 is 1.80 bits per heavy atom. The van der Waals surface area contributed by atoms with Crippen LogP contribution in [0.4, 0.5) is 14.5 Å². The number of hydrogen-bond donors (Lipinski definition) is 1. The topological polar surface area (TPSA) is 88.6 Å². The van der Waals surface area contributed by atoms with E-state index in [1.54, 1.807) is 18.5 Å². The lowest BCUT2D eigenvalue weighted by Crippen LogP contribution is -2.41. The van der Waals surface area contributed by atoms with E-state index >= 15 is 0 Å². The van der Waals surface area contributed by atoms with Gasteiger partial charge < -0.3 is 4.74 Å². The molecule has 0 radical (unpaired) electrons. The molecule has 0 atom stereocenters. The molecule has 3 aromatic rings. The highest BCUT2D eigenvalue weighted by atomic mass is 35.5. The summed E-state index contributed by atoms with van der Waals surface area (Å²) >= 11 is 6.36. The van der Waals surface area contributed by atoms with Crippen LogP contribution in [0.3, 0.4) is 0 Å². The monoisotopic (exact) mass is 519 g/mol. The standard InChI is InChI=1S/C24H20ClF2N3O4S/c1-14-20-19(29-35(32,33)17-8-6-16(7-9-17)34-23(26)27)11-10-18(25)21(20)22(31)30(14)24(2,3)15-5-4-12-28-13-15/h4-13,23,29H,1H2,2-3H3. The minimum atomic E-state index is -4.16. The van der Waals surface area contributed by atoms with Gasteiger partial charge in [-0.1, -0.05) is 24.2 Å². The minimum Gasteiger partial charge on any atom is -0.435 e. The van der Waals surface area contributed by atoms with Gasteiger partial charge in [-0.25, -0.2) is 8.42 Å². The van der Waals surface area contributed by atoms with Crippen molar-refractivity contribution in [2.24, 2.45) is 0 Å². The average molecular weight is 520 g/mol.